The van der Waals surface area contributed by atoms with Crippen molar-refractivity contribution in [2.45, 2.75) is 64.3 Å². The summed E-state index contributed by atoms with van der Waals surface area (Å²) >= 11 is 0. The summed E-state index contributed by atoms with van der Waals surface area (Å²) in [5.41, 5.74) is 1.08. The summed E-state index contributed by atoms with van der Waals surface area (Å²) in [6.45, 7) is 6.14. The summed E-state index contributed by atoms with van der Waals surface area (Å²) in [5, 5.41) is 5.89. The molecule has 0 bridgehead atoms. The Balaban J connectivity index is 1.77. The number of ether oxygens (including phenoxy) is 2. The quantitative estimate of drug-likeness (QED) is 0.803. The van der Waals surface area contributed by atoms with E-state index in [1.54, 1.807) is 0 Å². The van der Waals surface area contributed by atoms with Crippen LogP contribution in [0.1, 0.15) is 58.4 Å². The van der Waals surface area contributed by atoms with Gasteiger partial charge in [0.05, 0.1) is 0 Å². The summed E-state index contributed by atoms with van der Waals surface area (Å²) in [4.78, 5) is 24.2. The van der Waals surface area contributed by atoms with Crippen LogP contribution in [0.2, 0.25) is 0 Å². The van der Waals surface area contributed by atoms with Crippen LogP contribution >= 0.6 is 0 Å². The van der Waals surface area contributed by atoms with Gasteiger partial charge in [0.15, 0.2) is 11.5 Å². The third-order valence-electron chi connectivity index (χ3n) is 5.70. The van der Waals surface area contributed by atoms with Gasteiger partial charge < -0.3 is 20.1 Å². The summed E-state index contributed by atoms with van der Waals surface area (Å²) in [7, 11) is 0. The molecule has 1 fully saturated rings. The average Bonchev–Trinajstić information content (AvgIpc) is 3.12. The van der Waals surface area contributed by atoms with Gasteiger partial charge in [0.25, 0.3) is 0 Å². The number of carbonyl (C=O) groups excluding carboxylic acids is 2. The van der Waals surface area contributed by atoms with E-state index >= 15 is 0 Å². The van der Waals surface area contributed by atoms with Crippen molar-refractivity contribution >= 4 is 11.8 Å². The van der Waals surface area contributed by atoms with Crippen molar-refractivity contribution in [3.63, 3.8) is 0 Å². The summed E-state index contributed by atoms with van der Waals surface area (Å²) in [5.74, 6) is 1.28. The highest BCUT2D eigenvalue weighted by molar-refractivity contribution is 5.87. The fraction of sp³-hybridized carbons (Fsp3) is 0.619. The highest BCUT2D eigenvalue weighted by Gasteiger charge is 2.36. The lowest BCUT2D eigenvalue weighted by Gasteiger charge is -2.38. The molecule has 1 heterocycles. The number of amides is 2. The molecule has 0 aromatic heterocycles. The molecule has 2 aliphatic rings. The molecule has 0 spiro atoms. The molecule has 1 aliphatic carbocycles. The SMILES string of the molecule is CC(=O)NC(C(=O)NCC1(c2ccc3c(c2)OCO3)CCCCC1)C(C)C. The highest BCUT2D eigenvalue weighted by Crippen LogP contribution is 2.43. The molecular weight excluding hydrogens is 344 g/mol. The molecule has 1 saturated carbocycles. The van der Waals surface area contributed by atoms with Crippen LogP contribution in [-0.2, 0) is 15.0 Å². The number of nitrogens with one attached hydrogen (secondary N) is 2. The molecule has 3 rings (SSSR count). The first-order valence-electron chi connectivity index (χ1n) is 9.86. The van der Waals surface area contributed by atoms with Gasteiger partial charge in [-0.15, -0.1) is 0 Å². The molecule has 1 aromatic rings. The third-order valence-corrected chi connectivity index (χ3v) is 5.70. The Morgan fingerprint density at radius 2 is 1.81 bits per heavy atom. The zero-order chi connectivity index (χ0) is 19.4. The van der Waals surface area contributed by atoms with Crippen LogP contribution in [0.4, 0.5) is 0 Å². The van der Waals surface area contributed by atoms with E-state index in [9.17, 15) is 9.59 Å². The van der Waals surface area contributed by atoms with Gasteiger partial charge in [-0.25, -0.2) is 0 Å². The van der Waals surface area contributed by atoms with Crippen molar-refractivity contribution in [3.8, 4) is 11.5 Å². The largest absolute Gasteiger partial charge is 0.454 e. The fourth-order valence-electron chi connectivity index (χ4n) is 4.14. The van der Waals surface area contributed by atoms with Gasteiger partial charge in [-0.05, 0) is 36.5 Å². The van der Waals surface area contributed by atoms with E-state index in [1.807, 2.05) is 19.9 Å². The minimum atomic E-state index is -0.514. The van der Waals surface area contributed by atoms with Crippen LogP contribution in [-0.4, -0.2) is 31.2 Å². The highest BCUT2D eigenvalue weighted by atomic mass is 16.7. The van der Waals surface area contributed by atoms with Gasteiger partial charge in [0.2, 0.25) is 18.6 Å². The van der Waals surface area contributed by atoms with E-state index in [0.29, 0.717) is 6.54 Å². The molecule has 6 nitrogen and oxygen atoms in total. The molecule has 2 amide bonds. The molecule has 27 heavy (non-hydrogen) atoms. The Morgan fingerprint density at radius 3 is 2.48 bits per heavy atom. The minimum absolute atomic E-state index is 0.0294. The number of carbonyl (C=O) groups is 2. The molecule has 2 N–H and O–H groups in total. The lowest BCUT2D eigenvalue weighted by Crippen LogP contribution is -2.52. The average molecular weight is 374 g/mol. The van der Waals surface area contributed by atoms with Crippen LogP contribution in [0, 0.1) is 5.92 Å². The number of hydrogen-bond donors (Lipinski definition) is 2. The predicted molar refractivity (Wildman–Crippen MR) is 103 cm³/mol. The van der Waals surface area contributed by atoms with E-state index < -0.39 is 6.04 Å². The van der Waals surface area contributed by atoms with Crippen LogP contribution in [0.25, 0.3) is 0 Å². The summed E-state index contributed by atoms with van der Waals surface area (Å²) in [6, 6.07) is 5.61. The maximum atomic E-state index is 12.8. The first-order valence-corrected chi connectivity index (χ1v) is 9.86. The van der Waals surface area contributed by atoms with Gasteiger partial charge in [0.1, 0.15) is 6.04 Å². The predicted octanol–water partition coefficient (Wildman–Crippen LogP) is 2.89. The zero-order valence-corrected chi connectivity index (χ0v) is 16.5. The minimum Gasteiger partial charge on any atom is -0.454 e. The number of benzene rings is 1. The van der Waals surface area contributed by atoms with Crippen molar-refractivity contribution in [2.24, 2.45) is 5.92 Å². The first-order chi connectivity index (χ1) is 12.9. The Morgan fingerprint density at radius 1 is 1.11 bits per heavy atom. The second-order valence-corrected chi connectivity index (χ2v) is 8.05. The van der Waals surface area contributed by atoms with E-state index in [0.717, 1.165) is 37.2 Å². The Kier molecular flexibility index (Phi) is 5.92. The monoisotopic (exact) mass is 374 g/mol. The van der Waals surface area contributed by atoms with Crippen molar-refractivity contribution in [1.82, 2.24) is 10.6 Å². The lowest BCUT2D eigenvalue weighted by molar-refractivity contribution is -0.129. The zero-order valence-electron chi connectivity index (χ0n) is 16.5. The summed E-state index contributed by atoms with van der Waals surface area (Å²) in [6.07, 6.45) is 5.56. The molecule has 1 atom stereocenters. The number of rotatable bonds is 6. The van der Waals surface area contributed by atoms with Gasteiger partial charge in [-0.1, -0.05) is 39.2 Å². The Bertz CT molecular complexity index is 695. The normalized spacial score (nSPS) is 18.8. The van der Waals surface area contributed by atoms with Gasteiger partial charge in [-0.3, -0.25) is 9.59 Å². The van der Waals surface area contributed by atoms with E-state index in [4.69, 9.17) is 9.47 Å². The van der Waals surface area contributed by atoms with Crippen LogP contribution in [0.5, 0.6) is 11.5 Å². The van der Waals surface area contributed by atoms with Crippen molar-refractivity contribution in [2.75, 3.05) is 13.3 Å². The van der Waals surface area contributed by atoms with Gasteiger partial charge >= 0.3 is 0 Å². The van der Waals surface area contributed by atoms with Crippen LogP contribution in [0.15, 0.2) is 18.2 Å². The maximum Gasteiger partial charge on any atom is 0.242 e. The van der Waals surface area contributed by atoms with Gasteiger partial charge in [-0.2, -0.15) is 0 Å². The van der Waals surface area contributed by atoms with E-state index in [1.165, 1.54) is 18.9 Å². The fourth-order valence-corrected chi connectivity index (χ4v) is 4.14. The number of fused-ring (bicyclic) bond motifs is 1. The number of hydrogen-bond acceptors (Lipinski definition) is 4. The molecule has 148 valence electrons. The molecule has 1 aromatic carbocycles. The second kappa shape index (κ2) is 8.19. The molecule has 1 unspecified atom stereocenters. The van der Waals surface area contributed by atoms with Crippen molar-refractivity contribution in [3.05, 3.63) is 23.8 Å². The van der Waals surface area contributed by atoms with Crippen molar-refractivity contribution in [1.29, 1.82) is 0 Å². The maximum absolute atomic E-state index is 12.8. The molecule has 0 saturated heterocycles. The van der Waals surface area contributed by atoms with Gasteiger partial charge in [0, 0.05) is 18.9 Å². The second-order valence-electron chi connectivity index (χ2n) is 8.05. The van der Waals surface area contributed by atoms with E-state index in [-0.39, 0.29) is 29.9 Å². The Labute approximate surface area is 161 Å². The molecule has 0 radical (unpaired) electrons. The molecule has 6 heteroatoms. The standard InChI is InChI=1S/C21H30N2O4/c1-14(2)19(23-15(3)24)20(25)22-12-21(9-5-4-6-10-21)16-7-8-17-18(11-16)27-13-26-17/h7-8,11,14,19H,4-6,9-10,12-13H2,1-3H3,(H,22,25)(H,23,24). The summed E-state index contributed by atoms with van der Waals surface area (Å²) < 4.78 is 11.0. The lowest BCUT2D eigenvalue weighted by atomic mass is 9.69. The van der Waals surface area contributed by atoms with Crippen LogP contribution < -0.4 is 20.1 Å². The first kappa shape index (κ1) is 19.5. The third kappa shape index (κ3) is 4.37. The Hall–Kier alpha value is -2.24. The smallest absolute Gasteiger partial charge is 0.242 e. The van der Waals surface area contributed by atoms with Crippen molar-refractivity contribution < 1.29 is 19.1 Å². The molecule has 1 aliphatic heterocycles. The van der Waals surface area contributed by atoms with E-state index in [2.05, 4.69) is 22.8 Å². The molecular formula is C21H30N2O4. The topological polar surface area (TPSA) is 76.7 Å². The van der Waals surface area contributed by atoms with Crippen LogP contribution in [0.3, 0.4) is 0 Å².